The lowest BCUT2D eigenvalue weighted by molar-refractivity contribution is -0.115. The van der Waals surface area contributed by atoms with Crippen molar-refractivity contribution >= 4 is 44.8 Å². The number of nitrogens with one attached hydrogen (secondary N) is 2. The lowest BCUT2D eigenvalue weighted by Gasteiger charge is -2.17. The highest BCUT2D eigenvalue weighted by molar-refractivity contribution is 7.98. The van der Waals surface area contributed by atoms with E-state index in [2.05, 4.69) is 5.32 Å². The number of carbonyl (C=O) groups is 2. The van der Waals surface area contributed by atoms with E-state index in [1.165, 1.54) is 30.8 Å². The molecule has 7 nitrogen and oxygen atoms in total. The molecule has 1 atom stereocenters. The van der Waals surface area contributed by atoms with Gasteiger partial charge in [-0.15, -0.1) is 11.8 Å². The molecule has 0 heterocycles. The number of amides is 2. The molecule has 2 amide bonds. The van der Waals surface area contributed by atoms with Gasteiger partial charge in [0.25, 0.3) is 5.91 Å². The highest BCUT2D eigenvalue weighted by Crippen LogP contribution is 2.30. The fourth-order valence-electron chi connectivity index (χ4n) is 3.40. The first-order valence-electron chi connectivity index (χ1n) is 10.7. The Hall–Kier alpha value is -3.65. The lowest BCUT2D eigenvalue weighted by Crippen LogP contribution is -2.34. The second-order valence-corrected chi connectivity index (χ2v) is 10.7. The zero-order valence-electron chi connectivity index (χ0n) is 19.6. The number of anilines is 2. The van der Waals surface area contributed by atoms with Crippen molar-refractivity contribution in [2.45, 2.75) is 28.4 Å². The van der Waals surface area contributed by atoms with Gasteiger partial charge < -0.3 is 15.7 Å². The molecule has 3 aromatic rings. The first kappa shape index (κ1) is 28.9. The summed E-state index contributed by atoms with van der Waals surface area (Å²) in [7, 11) is -4.08. The molecule has 38 heavy (non-hydrogen) atoms. The standard InChI is InChI=1S/C24H19F5N2O5S2/c1-3-16(38(35,36)13-7-5-12(37-2)6-8-13)23(33)30-11-4-9-14(15(32)10-11)31-24(34)17-18(25)20(27)22(29)21(28)19(17)26/h4-10,16,32H,3H2,1-2H3,(H,30,33)(H,31,34). The Balaban J connectivity index is 1.80. The first-order chi connectivity index (χ1) is 17.8. The molecule has 3 rings (SSSR count). The topological polar surface area (TPSA) is 113 Å². The van der Waals surface area contributed by atoms with Crippen LogP contribution in [0.25, 0.3) is 0 Å². The van der Waals surface area contributed by atoms with E-state index in [1.54, 1.807) is 12.1 Å². The Morgan fingerprint density at radius 2 is 1.45 bits per heavy atom. The quantitative estimate of drug-likeness (QED) is 0.111. The van der Waals surface area contributed by atoms with Crippen LogP contribution >= 0.6 is 11.8 Å². The highest BCUT2D eigenvalue weighted by atomic mass is 32.2. The number of phenolic OH excluding ortho intramolecular Hbond substituents is 1. The number of aromatic hydroxyl groups is 1. The molecule has 202 valence electrons. The Morgan fingerprint density at radius 3 is 1.95 bits per heavy atom. The van der Waals surface area contributed by atoms with Crippen LogP contribution < -0.4 is 10.6 Å². The maximum atomic E-state index is 13.9. The molecule has 0 fully saturated rings. The summed E-state index contributed by atoms with van der Waals surface area (Å²) < 4.78 is 93.8. The van der Waals surface area contributed by atoms with Crippen LogP contribution in [0.5, 0.6) is 5.75 Å². The minimum absolute atomic E-state index is 0.0636. The average molecular weight is 575 g/mol. The predicted molar refractivity (Wildman–Crippen MR) is 130 cm³/mol. The van der Waals surface area contributed by atoms with Crippen LogP contribution in [0.15, 0.2) is 52.3 Å². The molecule has 14 heteroatoms. The predicted octanol–water partition coefficient (Wildman–Crippen LogP) is 5.25. The molecule has 1 unspecified atom stereocenters. The van der Waals surface area contributed by atoms with Gasteiger partial charge in [-0.25, -0.2) is 30.4 Å². The van der Waals surface area contributed by atoms with Gasteiger partial charge in [-0.2, -0.15) is 0 Å². The van der Waals surface area contributed by atoms with Crippen molar-refractivity contribution in [3.8, 4) is 5.75 Å². The summed E-state index contributed by atoms with van der Waals surface area (Å²) in [5, 5.41) is 12.9. The molecule has 3 N–H and O–H groups in total. The minimum Gasteiger partial charge on any atom is -0.506 e. The number of halogens is 5. The van der Waals surface area contributed by atoms with E-state index in [-0.39, 0.29) is 17.0 Å². The zero-order chi connectivity index (χ0) is 28.4. The van der Waals surface area contributed by atoms with E-state index in [4.69, 9.17) is 0 Å². The van der Waals surface area contributed by atoms with Crippen molar-refractivity contribution < 1.29 is 45.1 Å². The van der Waals surface area contributed by atoms with Crippen molar-refractivity contribution in [3.63, 3.8) is 0 Å². The van der Waals surface area contributed by atoms with Gasteiger partial charge in [0, 0.05) is 16.6 Å². The van der Waals surface area contributed by atoms with Crippen LogP contribution in [-0.2, 0) is 14.6 Å². The lowest BCUT2D eigenvalue weighted by atomic mass is 10.1. The van der Waals surface area contributed by atoms with E-state index < -0.39 is 73.0 Å². The molecule has 0 radical (unpaired) electrons. The van der Waals surface area contributed by atoms with E-state index in [1.807, 2.05) is 11.6 Å². The third-order valence-electron chi connectivity index (χ3n) is 5.38. The van der Waals surface area contributed by atoms with Gasteiger partial charge in [0.2, 0.25) is 11.7 Å². The van der Waals surface area contributed by atoms with Crippen LogP contribution in [-0.4, -0.2) is 36.8 Å². The second-order valence-electron chi connectivity index (χ2n) is 7.74. The molecule has 3 aromatic carbocycles. The fourth-order valence-corrected chi connectivity index (χ4v) is 5.43. The van der Waals surface area contributed by atoms with E-state index in [0.717, 1.165) is 23.1 Å². The molecule has 0 bridgehead atoms. The van der Waals surface area contributed by atoms with Gasteiger partial charge in [0.1, 0.15) is 16.6 Å². The second kappa shape index (κ2) is 11.4. The molecule has 0 aliphatic carbocycles. The Morgan fingerprint density at radius 1 is 0.895 bits per heavy atom. The number of phenols is 1. The molecular weight excluding hydrogens is 555 g/mol. The van der Waals surface area contributed by atoms with Gasteiger partial charge in [-0.1, -0.05) is 6.92 Å². The van der Waals surface area contributed by atoms with Gasteiger partial charge in [-0.3, -0.25) is 9.59 Å². The van der Waals surface area contributed by atoms with Crippen LogP contribution in [0.4, 0.5) is 33.3 Å². The number of carbonyl (C=O) groups excluding carboxylic acids is 2. The van der Waals surface area contributed by atoms with Crippen molar-refractivity contribution in [2.75, 3.05) is 16.9 Å². The van der Waals surface area contributed by atoms with Crippen LogP contribution in [0.2, 0.25) is 0 Å². The molecule has 0 aliphatic rings. The maximum absolute atomic E-state index is 13.9. The van der Waals surface area contributed by atoms with Crippen LogP contribution in [0.3, 0.4) is 0 Å². The Bertz CT molecular complexity index is 1490. The molecule has 0 aliphatic heterocycles. The number of thioether (sulfide) groups is 1. The monoisotopic (exact) mass is 574 g/mol. The summed E-state index contributed by atoms with van der Waals surface area (Å²) in [6.45, 7) is 1.49. The molecule has 0 aromatic heterocycles. The summed E-state index contributed by atoms with van der Waals surface area (Å²) in [5.41, 5.74) is -2.36. The van der Waals surface area contributed by atoms with Crippen molar-refractivity contribution in [1.82, 2.24) is 0 Å². The van der Waals surface area contributed by atoms with Crippen molar-refractivity contribution in [2.24, 2.45) is 0 Å². The minimum atomic E-state index is -4.08. The number of benzene rings is 3. The molecule has 0 spiro atoms. The summed E-state index contributed by atoms with van der Waals surface area (Å²) in [4.78, 5) is 25.7. The Labute approximate surface area is 218 Å². The molecular formula is C24H19F5N2O5S2. The van der Waals surface area contributed by atoms with Gasteiger partial charge in [0.15, 0.2) is 33.1 Å². The van der Waals surface area contributed by atoms with Crippen molar-refractivity contribution in [3.05, 3.63) is 77.1 Å². The SMILES string of the molecule is CCC(C(=O)Nc1ccc(NC(=O)c2c(F)c(F)c(F)c(F)c2F)c(O)c1)S(=O)(=O)c1ccc(SC)cc1. The third kappa shape index (κ3) is 5.60. The smallest absolute Gasteiger partial charge is 0.261 e. The van der Waals surface area contributed by atoms with Crippen molar-refractivity contribution in [1.29, 1.82) is 0 Å². The fraction of sp³-hybridized carbons (Fsp3) is 0.167. The largest absolute Gasteiger partial charge is 0.506 e. The summed E-state index contributed by atoms with van der Waals surface area (Å²) in [5.74, 6) is -15.2. The van der Waals surface area contributed by atoms with E-state index >= 15 is 0 Å². The third-order valence-corrected chi connectivity index (χ3v) is 8.35. The normalized spacial score (nSPS) is 12.2. The van der Waals surface area contributed by atoms with Gasteiger partial charge in [0.05, 0.1) is 10.6 Å². The number of rotatable bonds is 8. The first-order valence-corrected chi connectivity index (χ1v) is 13.4. The molecule has 0 saturated heterocycles. The zero-order valence-corrected chi connectivity index (χ0v) is 21.2. The maximum Gasteiger partial charge on any atom is 0.261 e. The summed E-state index contributed by atoms with van der Waals surface area (Å²) >= 11 is 1.41. The highest BCUT2D eigenvalue weighted by Gasteiger charge is 2.33. The van der Waals surface area contributed by atoms with Crippen LogP contribution in [0.1, 0.15) is 23.7 Å². The summed E-state index contributed by atoms with van der Waals surface area (Å²) in [6, 6.07) is 8.91. The number of hydrogen-bond acceptors (Lipinski definition) is 6. The Kier molecular flexibility index (Phi) is 8.67. The summed E-state index contributed by atoms with van der Waals surface area (Å²) in [6.07, 6.45) is 1.73. The number of sulfone groups is 1. The van der Waals surface area contributed by atoms with Crippen LogP contribution in [0, 0.1) is 29.1 Å². The van der Waals surface area contributed by atoms with Gasteiger partial charge in [-0.05, 0) is 49.1 Å². The number of hydrogen-bond donors (Lipinski definition) is 3. The van der Waals surface area contributed by atoms with E-state index in [0.29, 0.717) is 0 Å². The average Bonchev–Trinajstić information content (AvgIpc) is 2.88. The van der Waals surface area contributed by atoms with E-state index in [9.17, 15) is 45.1 Å². The van der Waals surface area contributed by atoms with Gasteiger partial charge >= 0.3 is 0 Å². The molecule has 0 saturated carbocycles.